The van der Waals surface area contributed by atoms with E-state index in [0.29, 0.717) is 18.5 Å². The second-order valence-corrected chi connectivity index (χ2v) is 9.62. The van der Waals surface area contributed by atoms with Crippen LogP contribution in [0.4, 0.5) is 0 Å². The van der Waals surface area contributed by atoms with Crippen LogP contribution >= 0.6 is 11.3 Å². The number of aromatic nitrogens is 1. The quantitative estimate of drug-likeness (QED) is 0.868. The number of nitrogens with one attached hydrogen (secondary N) is 1. The van der Waals surface area contributed by atoms with E-state index in [2.05, 4.69) is 10.3 Å². The van der Waals surface area contributed by atoms with Crippen LogP contribution in [0.25, 0.3) is 0 Å². The summed E-state index contributed by atoms with van der Waals surface area (Å²) in [5.74, 6) is -0.246. The van der Waals surface area contributed by atoms with Gasteiger partial charge in [-0.15, -0.1) is 11.3 Å². The normalized spacial score (nSPS) is 14.2. The highest BCUT2D eigenvalue weighted by Gasteiger charge is 2.16. The summed E-state index contributed by atoms with van der Waals surface area (Å²) >= 11 is 1.75. The van der Waals surface area contributed by atoms with Crippen molar-refractivity contribution < 1.29 is 13.2 Å². The molecule has 1 heterocycles. The van der Waals surface area contributed by atoms with E-state index in [-0.39, 0.29) is 10.8 Å². The maximum atomic E-state index is 12.4. The van der Waals surface area contributed by atoms with Gasteiger partial charge < -0.3 is 5.32 Å². The molecule has 0 saturated heterocycles. The fourth-order valence-corrected chi connectivity index (χ4v) is 4.77. The number of sulfone groups is 1. The Morgan fingerprint density at radius 1 is 1.28 bits per heavy atom. The van der Waals surface area contributed by atoms with Gasteiger partial charge in [0.25, 0.3) is 5.91 Å². The molecule has 0 fully saturated rings. The van der Waals surface area contributed by atoms with E-state index < -0.39 is 9.84 Å². The van der Waals surface area contributed by atoms with Crippen molar-refractivity contribution in [3.05, 3.63) is 44.9 Å². The first kappa shape index (κ1) is 18.1. The van der Waals surface area contributed by atoms with Crippen LogP contribution in [0.1, 0.15) is 44.3 Å². The number of carbonyl (C=O) groups is 1. The molecule has 1 aliphatic rings. The lowest BCUT2D eigenvalue weighted by Gasteiger charge is -2.09. The fourth-order valence-electron chi connectivity index (χ4n) is 2.97. The Kier molecular flexibility index (Phi) is 5.24. The molecule has 7 heteroatoms. The minimum Gasteiger partial charge on any atom is -0.352 e. The number of nitrogens with zero attached hydrogens (tertiary/aromatic N) is 1. The SMILES string of the molecule is Cc1ccc(S(C)(=O)=O)cc1C(=O)NCCc1nc2c(s1)CCCC2. The molecular weight excluding hydrogens is 356 g/mol. The number of amides is 1. The zero-order valence-corrected chi connectivity index (χ0v) is 16.1. The Morgan fingerprint density at radius 3 is 2.76 bits per heavy atom. The Hall–Kier alpha value is -1.73. The van der Waals surface area contributed by atoms with Crippen molar-refractivity contribution in [3.8, 4) is 0 Å². The van der Waals surface area contributed by atoms with Gasteiger partial charge >= 0.3 is 0 Å². The van der Waals surface area contributed by atoms with Crippen molar-refractivity contribution in [1.82, 2.24) is 10.3 Å². The molecule has 0 unspecified atom stereocenters. The van der Waals surface area contributed by atoms with Gasteiger partial charge in [-0.05, 0) is 50.3 Å². The minimum atomic E-state index is -3.33. The summed E-state index contributed by atoms with van der Waals surface area (Å²) in [6, 6.07) is 4.64. The molecule has 25 heavy (non-hydrogen) atoms. The van der Waals surface area contributed by atoms with Gasteiger partial charge in [0.05, 0.1) is 15.6 Å². The highest BCUT2D eigenvalue weighted by molar-refractivity contribution is 7.90. The van der Waals surface area contributed by atoms with Gasteiger partial charge in [-0.2, -0.15) is 0 Å². The van der Waals surface area contributed by atoms with Gasteiger partial charge in [-0.1, -0.05) is 6.07 Å². The minimum absolute atomic E-state index is 0.163. The highest BCUT2D eigenvalue weighted by Crippen LogP contribution is 2.26. The number of hydrogen-bond donors (Lipinski definition) is 1. The number of aryl methyl sites for hydroxylation is 3. The molecule has 1 aromatic carbocycles. The first-order chi connectivity index (χ1) is 11.8. The van der Waals surface area contributed by atoms with E-state index in [1.807, 2.05) is 0 Å². The second kappa shape index (κ2) is 7.25. The lowest BCUT2D eigenvalue weighted by molar-refractivity contribution is 0.0953. The standard InChI is InChI=1S/C18H22N2O3S2/c1-12-7-8-13(25(2,22)23)11-14(12)18(21)19-10-9-17-20-15-5-3-4-6-16(15)24-17/h7-8,11H,3-6,9-10H2,1-2H3,(H,19,21). The number of thiazole rings is 1. The fraction of sp³-hybridized carbons (Fsp3) is 0.444. The highest BCUT2D eigenvalue weighted by atomic mass is 32.2. The molecule has 0 atom stereocenters. The van der Waals surface area contributed by atoms with Gasteiger partial charge in [0.2, 0.25) is 0 Å². The van der Waals surface area contributed by atoms with Gasteiger partial charge in [0.1, 0.15) is 0 Å². The molecule has 0 bridgehead atoms. The van der Waals surface area contributed by atoms with Crippen molar-refractivity contribution in [2.24, 2.45) is 0 Å². The van der Waals surface area contributed by atoms with Crippen molar-refractivity contribution in [2.45, 2.75) is 43.9 Å². The zero-order valence-electron chi connectivity index (χ0n) is 14.5. The van der Waals surface area contributed by atoms with Crippen molar-refractivity contribution in [2.75, 3.05) is 12.8 Å². The Balaban J connectivity index is 1.64. The summed E-state index contributed by atoms with van der Waals surface area (Å²) in [5.41, 5.74) is 2.39. The number of hydrogen-bond acceptors (Lipinski definition) is 5. The molecule has 5 nitrogen and oxygen atoms in total. The summed E-state index contributed by atoms with van der Waals surface area (Å²) in [7, 11) is -3.33. The third kappa shape index (κ3) is 4.27. The second-order valence-electron chi connectivity index (χ2n) is 6.44. The molecule has 1 amide bonds. The van der Waals surface area contributed by atoms with E-state index in [9.17, 15) is 13.2 Å². The lowest BCUT2D eigenvalue weighted by Crippen LogP contribution is -2.26. The van der Waals surface area contributed by atoms with Crippen LogP contribution in [0.15, 0.2) is 23.1 Å². The van der Waals surface area contributed by atoms with Gasteiger partial charge in [0.15, 0.2) is 9.84 Å². The van der Waals surface area contributed by atoms with Crippen molar-refractivity contribution in [1.29, 1.82) is 0 Å². The largest absolute Gasteiger partial charge is 0.352 e. The van der Waals surface area contributed by atoms with Crippen molar-refractivity contribution in [3.63, 3.8) is 0 Å². The van der Waals surface area contributed by atoms with E-state index in [1.54, 1.807) is 24.3 Å². The summed E-state index contributed by atoms with van der Waals surface area (Å²) in [6.45, 7) is 2.30. The molecule has 0 radical (unpaired) electrons. The van der Waals surface area contributed by atoms with Crippen LogP contribution < -0.4 is 5.32 Å². The number of benzene rings is 1. The molecule has 1 N–H and O–H groups in total. The van der Waals surface area contributed by atoms with E-state index in [0.717, 1.165) is 29.7 Å². The summed E-state index contributed by atoms with van der Waals surface area (Å²) in [6.07, 6.45) is 6.48. The van der Waals surface area contributed by atoms with Crippen molar-refractivity contribution >= 4 is 27.1 Å². The molecule has 1 aromatic heterocycles. The molecule has 0 aliphatic heterocycles. The van der Waals surface area contributed by atoms with Crippen LogP contribution in [0.3, 0.4) is 0 Å². The topological polar surface area (TPSA) is 76.1 Å². The molecule has 0 saturated carbocycles. The smallest absolute Gasteiger partial charge is 0.251 e. The van der Waals surface area contributed by atoms with Gasteiger partial charge in [-0.3, -0.25) is 4.79 Å². The van der Waals surface area contributed by atoms with Crippen LogP contribution in [-0.2, 0) is 29.1 Å². The van der Waals surface area contributed by atoms with Crippen LogP contribution in [0.5, 0.6) is 0 Å². The lowest BCUT2D eigenvalue weighted by atomic mass is 10.0. The summed E-state index contributed by atoms with van der Waals surface area (Å²) in [4.78, 5) is 18.6. The molecule has 3 rings (SSSR count). The van der Waals surface area contributed by atoms with E-state index >= 15 is 0 Å². The third-order valence-electron chi connectivity index (χ3n) is 4.40. The third-order valence-corrected chi connectivity index (χ3v) is 6.72. The maximum absolute atomic E-state index is 12.4. The van der Waals surface area contributed by atoms with Crippen LogP contribution in [0, 0.1) is 6.92 Å². The Bertz CT molecular complexity index is 878. The van der Waals surface area contributed by atoms with Gasteiger partial charge in [-0.25, -0.2) is 13.4 Å². The number of fused-ring (bicyclic) bond motifs is 1. The van der Waals surface area contributed by atoms with Crippen LogP contribution in [-0.4, -0.2) is 32.1 Å². The molecule has 0 spiro atoms. The maximum Gasteiger partial charge on any atom is 0.251 e. The Labute approximate surface area is 152 Å². The first-order valence-electron chi connectivity index (χ1n) is 8.41. The van der Waals surface area contributed by atoms with Crippen LogP contribution in [0.2, 0.25) is 0 Å². The zero-order chi connectivity index (χ0) is 18.0. The summed E-state index contributed by atoms with van der Waals surface area (Å²) in [5, 5.41) is 3.94. The molecule has 1 aliphatic carbocycles. The molecule has 2 aromatic rings. The van der Waals surface area contributed by atoms with E-state index in [4.69, 9.17) is 0 Å². The predicted octanol–water partition coefficient (Wildman–Crippen LogP) is 2.71. The predicted molar refractivity (Wildman–Crippen MR) is 99.1 cm³/mol. The monoisotopic (exact) mass is 378 g/mol. The number of rotatable bonds is 5. The molecular formula is C18H22N2O3S2. The average molecular weight is 379 g/mol. The first-order valence-corrected chi connectivity index (χ1v) is 11.1. The Morgan fingerprint density at radius 2 is 2.04 bits per heavy atom. The number of carbonyl (C=O) groups excluding carboxylic acids is 1. The van der Waals surface area contributed by atoms with E-state index in [1.165, 1.54) is 35.5 Å². The summed E-state index contributed by atoms with van der Waals surface area (Å²) < 4.78 is 23.4. The average Bonchev–Trinajstić information content (AvgIpc) is 2.96. The molecule has 134 valence electrons. The van der Waals surface area contributed by atoms with Gasteiger partial charge in [0, 0.05) is 29.7 Å².